The van der Waals surface area contributed by atoms with Gasteiger partial charge < -0.3 is 10.4 Å². The molecule has 5 nitrogen and oxygen atoms in total. The van der Waals surface area contributed by atoms with E-state index in [1.807, 2.05) is 6.92 Å². The molecule has 1 heterocycles. The Morgan fingerprint density at radius 2 is 2.30 bits per heavy atom. The number of aryl methyl sites for hydroxylation is 1. The molecule has 0 spiro atoms. The second kappa shape index (κ2) is 6.45. The van der Waals surface area contributed by atoms with E-state index >= 15 is 0 Å². The Bertz CT molecular complexity index is 643. The van der Waals surface area contributed by atoms with Crippen molar-refractivity contribution in [3.8, 4) is 5.75 Å². The Kier molecular flexibility index (Phi) is 4.87. The lowest BCUT2D eigenvalue weighted by molar-refractivity contribution is -0.116. The molecule has 2 N–H and O–H groups in total. The summed E-state index contributed by atoms with van der Waals surface area (Å²) in [6, 6.07) is 4.51. The van der Waals surface area contributed by atoms with Gasteiger partial charge >= 0.3 is 0 Å². The molecule has 0 atom stereocenters. The molecule has 7 heteroatoms. The fourth-order valence-electron chi connectivity index (χ4n) is 1.68. The normalized spacial score (nSPS) is 10.6. The average molecular weight is 406 g/mol. The van der Waals surface area contributed by atoms with E-state index in [0.29, 0.717) is 17.3 Å². The first-order valence-electron chi connectivity index (χ1n) is 5.93. The highest BCUT2D eigenvalue weighted by Crippen LogP contribution is 2.26. The molecule has 0 unspecified atom stereocenters. The lowest BCUT2D eigenvalue weighted by Gasteiger charge is -2.08. The molecule has 0 aliphatic rings. The van der Waals surface area contributed by atoms with Gasteiger partial charge in [0.05, 0.1) is 22.0 Å². The van der Waals surface area contributed by atoms with Gasteiger partial charge in [0, 0.05) is 17.1 Å². The molecule has 0 bridgehead atoms. The molecule has 1 amide bonds. The molecule has 1 aromatic carbocycles. The van der Waals surface area contributed by atoms with Crippen molar-refractivity contribution in [1.82, 2.24) is 9.78 Å². The van der Waals surface area contributed by atoms with Crippen LogP contribution in [-0.2, 0) is 11.3 Å². The number of carbonyl (C=O) groups is 1. The van der Waals surface area contributed by atoms with E-state index in [1.54, 1.807) is 16.9 Å². The Labute approximate surface area is 135 Å². The predicted molar refractivity (Wildman–Crippen MR) is 86.0 cm³/mol. The van der Waals surface area contributed by atoms with Crippen LogP contribution in [0.4, 0.5) is 5.69 Å². The van der Waals surface area contributed by atoms with Gasteiger partial charge in [0.1, 0.15) is 5.75 Å². The number of hydrogen-bond donors (Lipinski definition) is 2. The van der Waals surface area contributed by atoms with Gasteiger partial charge in [0.2, 0.25) is 5.91 Å². The van der Waals surface area contributed by atoms with Crippen LogP contribution in [0.1, 0.15) is 12.1 Å². The van der Waals surface area contributed by atoms with Crippen molar-refractivity contribution in [3.63, 3.8) is 0 Å². The Morgan fingerprint density at radius 1 is 1.55 bits per heavy atom. The second-order valence-electron chi connectivity index (χ2n) is 4.26. The number of rotatable bonds is 4. The monoisotopic (exact) mass is 405 g/mol. The molecule has 106 valence electrons. The molecular formula is C13H13ClIN3O2. The summed E-state index contributed by atoms with van der Waals surface area (Å²) in [5, 5.41) is 16.9. The number of carbonyl (C=O) groups excluding carboxylic acids is 1. The minimum atomic E-state index is -0.201. The first kappa shape index (κ1) is 15.1. The number of aromatic hydroxyl groups is 1. The van der Waals surface area contributed by atoms with Gasteiger partial charge in [-0.25, -0.2) is 0 Å². The maximum atomic E-state index is 11.9. The molecular weight excluding hydrogens is 393 g/mol. The van der Waals surface area contributed by atoms with Crippen LogP contribution in [0, 0.1) is 10.5 Å². The topological polar surface area (TPSA) is 67.2 Å². The summed E-state index contributed by atoms with van der Waals surface area (Å²) in [6.07, 6.45) is 2.03. The van der Waals surface area contributed by atoms with Crippen LogP contribution in [0.15, 0.2) is 24.4 Å². The Hall–Kier alpha value is -1.28. The highest BCUT2D eigenvalue weighted by atomic mass is 127. The van der Waals surface area contributed by atoms with E-state index < -0.39 is 0 Å². The molecule has 2 rings (SSSR count). The van der Waals surface area contributed by atoms with E-state index in [9.17, 15) is 9.90 Å². The van der Waals surface area contributed by atoms with E-state index in [2.05, 4.69) is 33.0 Å². The van der Waals surface area contributed by atoms with Crippen LogP contribution in [0.2, 0.25) is 5.02 Å². The third-order valence-corrected chi connectivity index (χ3v) is 4.12. The van der Waals surface area contributed by atoms with Gasteiger partial charge in [-0.2, -0.15) is 5.10 Å². The van der Waals surface area contributed by atoms with Crippen molar-refractivity contribution in [2.24, 2.45) is 0 Å². The van der Waals surface area contributed by atoms with Crippen molar-refractivity contribution in [3.05, 3.63) is 38.7 Å². The lowest BCUT2D eigenvalue weighted by atomic mass is 10.2. The minimum Gasteiger partial charge on any atom is -0.506 e. The minimum absolute atomic E-state index is 0.00688. The molecule has 0 aliphatic carbocycles. The average Bonchev–Trinajstić information content (AvgIpc) is 2.72. The number of halogens is 2. The van der Waals surface area contributed by atoms with Crippen molar-refractivity contribution >= 4 is 45.8 Å². The summed E-state index contributed by atoms with van der Waals surface area (Å²) in [4.78, 5) is 11.9. The highest BCUT2D eigenvalue weighted by Gasteiger charge is 2.09. The van der Waals surface area contributed by atoms with Crippen LogP contribution in [0.5, 0.6) is 5.75 Å². The number of amides is 1. The van der Waals surface area contributed by atoms with Gasteiger partial charge in [0.25, 0.3) is 0 Å². The highest BCUT2D eigenvalue weighted by molar-refractivity contribution is 14.1. The molecule has 1 aromatic heterocycles. The number of phenolic OH excluding ortho intramolecular Hbond substituents is 1. The van der Waals surface area contributed by atoms with Crippen LogP contribution < -0.4 is 5.32 Å². The third-order valence-electron chi connectivity index (χ3n) is 2.83. The van der Waals surface area contributed by atoms with Crippen molar-refractivity contribution in [2.45, 2.75) is 19.9 Å². The summed E-state index contributed by atoms with van der Waals surface area (Å²) in [5.41, 5.74) is 1.35. The van der Waals surface area contributed by atoms with E-state index in [0.717, 1.165) is 9.26 Å². The first-order chi connectivity index (χ1) is 9.47. The third kappa shape index (κ3) is 3.63. The zero-order valence-electron chi connectivity index (χ0n) is 10.7. The van der Waals surface area contributed by atoms with Crippen molar-refractivity contribution in [1.29, 1.82) is 0 Å². The molecule has 20 heavy (non-hydrogen) atoms. The summed E-state index contributed by atoms with van der Waals surface area (Å²) in [6.45, 7) is 2.44. The number of phenols is 1. The van der Waals surface area contributed by atoms with Crippen LogP contribution >= 0.6 is 34.2 Å². The summed E-state index contributed by atoms with van der Waals surface area (Å²) in [7, 11) is 0. The number of nitrogens with one attached hydrogen (secondary N) is 1. The van der Waals surface area contributed by atoms with E-state index in [-0.39, 0.29) is 18.1 Å². The predicted octanol–water partition coefficient (Wildman–Crippen LogP) is 3.18. The summed E-state index contributed by atoms with van der Waals surface area (Å²) < 4.78 is 2.84. The fraction of sp³-hybridized carbons (Fsp3) is 0.231. The smallest absolute Gasteiger partial charge is 0.226 e. The Balaban J connectivity index is 1.96. The summed E-state index contributed by atoms with van der Waals surface area (Å²) in [5.74, 6) is -0.208. The largest absolute Gasteiger partial charge is 0.506 e. The first-order valence-corrected chi connectivity index (χ1v) is 7.39. The van der Waals surface area contributed by atoms with Gasteiger partial charge in [0.15, 0.2) is 0 Å². The number of aromatic nitrogens is 2. The molecule has 0 saturated carbocycles. The zero-order chi connectivity index (χ0) is 14.7. The van der Waals surface area contributed by atoms with Crippen LogP contribution in [-0.4, -0.2) is 20.8 Å². The maximum Gasteiger partial charge on any atom is 0.226 e. The second-order valence-corrected chi connectivity index (χ2v) is 5.86. The molecule has 0 fully saturated rings. The Morgan fingerprint density at radius 3 is 2.95 bits per heavy atom. The fourth-order valence-corrected chi connectivity index (χ4v) is 2.25. The number of nitrogens with zero attached hydrogens (tertiary/aromatic N) is 2. The van der Waals surface area contributed by atoms with E-state index in [4.69, 9.17) is 11.6 Å². The van der Waals surface area contributed by atoms with E-state index in [1.165, 1.54) is 12.1 Å². The van der Waals surface area contributed by atoms with Crippen LogP contribution in [0.25, 0.3) is 0 Å². The number of benzene rings is 1. The molecule has 0 radical (unpaired) electrons. The maximum absolute atomic E-state index is 11.9. The van der Waals surface area contributed by atoms with Crippen molar-refractivity contribution in [2.75, 3.05) is 5.32 Å². The van der Waals surface area contributed by atoms with Crippen LogP contribution in [0.3, 0.4) is 0 Å². The van der Waals surface area contributed by atoms with Gasteiger partial charge in [-0.15, -0.1) is 0 Å². The quantitative estimate of drug-likeness (QED) is 0.606. The van der Waals surface area contributed by atoms with Gasteiger partial charge in [-0.1, -0.05) is 11.6 Å². The standard InChI is InChI=1S/C13H13ClIN3O2/c1-8-10(15)7-16-18(8)5-4-13(20)17-11-6-9(14)2-3-12(11)19/h2-3,6-7,19H,4-5H2,1H3,(H,17,20). The van der Waals surface area contributed by atoms with Crippen molar-refractivity contribution < 1.29 is 9.90 Å². The SMILES string of the molecule is Cc1c(I)cnn1CCC(=O)Nc1cc(Cl)ccc1O. The molecule has 0 aliphatic heterocycles. The summed E-state index contributed by atoms with van der Waals surface area (Å²) >= 11 is 8.02. The zero-order valence-corrected chi connectivity index (χ0v) is 13.6. The van der Waals surface area contributed by atoms with Gasteiger partial charge in [-0.05, 0) is 47.7 Å². The lowest BCUT2D eigenvalue weighted by Crippen LogP contribution is -2.15. The van der Waals surface area contributed by atoms with Gasteiger partial charge in [-0.3, -0.25) is 9.48 Å². The number of hydrogen-bond acceptors (Lipinski definition) is 3. The number of anilines is 1. The molecule has 2 aromatic rings. The molecule has 0 saturated heterocycles.